The summed E-state index contributed by atoms with van der Waals surface area (Å²) < 4.78 is 0. The number of hydrogen-bond donors (Lipinski definition) is 3. The number of aromatic nitrogens is 1. The molecule has 0 aromatic carbocycles. The molecule has 5 heteroatoms. The van der Waals surface area contributed by atoms with Gasteiger partial charge in [0.25, 0.3) is 5.56 Å². The van der Waals surface area contributed by atoms with E-state index < -0.39 is 0 Å². The molecule has 0 bridgehead atoms. The summed E-state index contributed by atoms with van der Waals surface area (Å²) in [5.41, 5.74) is 4.09. The number of rotatable bonds is 2. The van der Waals surface area contributed by atoms with Gasteiger partial charge in [0.1, 0.15) is 11.6 Å². The fourth-order valence-corrected chi connectivity index (χ4v) is 3.43. The van der Waals surface area contributed by atoms with Crippen LogP contribution in [0.25, 0.3) is 0 Å². The highest BCUT2D eigenvalue weighted by atomic mass is 16.3. The van der Waals surface area contributed by atoms with Crippen molar-refractivity contribution in [3.8, 4) is 5.75 Å². The second-order valence-corrected chi connectivity index (χ2v) is 6.29. The van der Waals surface area contributed by atoms with Crippen molar-refractivity contribution in [2.24, 2.45) is 5.92 Å². The van der Waals surface area contributed by atoms with Gasteiger partial charge >= 0.3 is 0 Å². The number of fused-ring (bicyclic) bond motifs is 1. The molecule has 0 amide bonds. The van der Waals surface area contributed by atoms with E-state index in [0.29, 0.717) is 12.0 Å². The Balaban J connectivity index is 2.02. The molecule has 5 nitrogen and oxygen atoms in total. The molecule has 110 valence electrons. The Bertz CT molecular complexity index is 547. The summed E-state index contributed by atoms with van der Waals surface area (Å²) >= 11 is 0. The minimum Gasteiger partial charge on any atom is -0.507 e. The fourth-order valence-electron chi connectivity index (χ4n) is 3.43. The molecule has 0 saturated heterocycles. The van der Waals surface area contributed by atoms with Crippen LogP contribution in [0.2, 0.25) is 0 Å². The molecule has 1 aromatic heterocycles. The number of aromatic hydroxyl groups is 1. The molecule has 1 fully saturated rings. The van der Waals surface area contributed by atoms with Crippen LogP contribution in [-0.2, 0) is 0 Å². The SMILES string of the molecule is CC(C)C1NN(C2CCCCC2)c2[nH]c(=O)cc(O)c21. The molecule has 3 N–H and O–H groups in total. The lowest BCUT2D eigenvalue weighted by molar-refractivity contribution is 0.348. The number of nitrogens with one attached hydrogen (secondary N) is 2. The van der Waals surface area contributed by atoms with Crippen LogP contribution in [0.1, 0.15) is 57.6 Å². The van der Waals surface area contributed by atoms with E-state index in [1.54, 1.807) is 0 Å². The Morgan fingerprint density at radius 3 is 2.65 bits per heavy atom. The second kappa shape index (κ2) is 5.13. The summed E-state index contributed by atoms with van der Waals surface area (Å²) in [5.74, 6) is 1.22. The highest BCUT2D eigenvalue weighted by Crippen LogP contribution is 2.42. The van der Waals surface area contributed by atoms with Gasteiger partial charge in [0, 0.05) is 12.1 Å². The van der Waals surface area contributed by atoms with Crippen molar-refractivity contribution in [1.82, 2.24) is 10.4 Å². The topological polar surface area (TPSA) is 68.4 Å². The fraction of sp³-hybridized carbons (Fsp3) is 0.667. The van der Waals surface area contributed by atoms with Gasteiger partial charge in [0.15, 0.2) is 0 Å². The van der Waals surface area contributed by atoms with Gasteiger partial charge in [-0.15, -0.1) is 0 Å². The molecular weight excluding hydrogens is 254 g/mol. The summed E-state index contributed by atoms with van der Waals surface area (Å²) in [5, 5.41) is 12.3. The van der Waals surface area contributed by atoms with Gasteiger partial charge in [-0.2, -0.15) is 0 Å². The van der Waals surface area contributed by atoms with Crippen molar-refractivity contribution in [3.63, 3.8) is 0 Å². The molecule has 3 rings (SSSR count). The van der Waals surface area contributed by atoms with Gasteiger partial charge in [-0.3, -0.25) is 9.80 Å². The number of nitrogens with zero attached hydrogens (tertiary/aromatic N) is 1. The van der Waals surface area contributed by atoms with Gasteiger partial charge in [-0.1, -0.05) is 33.1 Å². The number of H-pyrrole nitrogens is 1. The monoisotopic (exact) mass is 277 g/mol. The lowest BCUT2D eigenvalue weighted by atomic mass is 9.95. The first-order valence-electron chi connectivity index (χ1n) is 7.59. The van der Waals surface area contributed by atoms with Crippen molar-refractivity contribution in [1.29, 1.82) is 0 Å². The zero-order valence-electron chi connectivity index (χ0n) is 12.1. The molecule has 1 aliphatic heterocycles. The van der Waals surface area contributed by atoms with Gasteiger partial charge in [-0.05, 0) is 18.8 Å². The molecule has 1 unspecified atom stereocenters. The minimum atomic E-state index is -0.242. The van der Waals surface area contributed by atoms with Gasteiger partial charge in [0.2, 0.25) is 0 Å². The molecule has 1 saturated carbocycles. The lowest BCUT2D eigenvalue weighted by Gasteiger charge is -2.33. The van der Waals surface area contributed by atoms with E-state index in [9.17, 15) is 9.90 Å². The third-order valence-corrected chi connectivity index (χ3v) is 4.48. The molecule has 0 spiro atoms. The van der Waals surface area contributed by atoms with Crippen molar-refractivity contribution in [3.05, 3.63) is 22.0 Å². The first-order chi connectivity index (χ1) is 9.58. The zero-order valence-corrected chi connectivity index (χ0v) is 12.1. The molecular formula is C15H23N3O2. The highest BCUT2D eigenvalue weighted by Gasteiger charge is 2.37. The second-order valence-electron chi connectivity index (χ2n) is 6.29. The summed E-state index contributed by atoms with van der Waals surface area (Å²) in [6, 6.07) is 1.74. The quantitative estimate of drug-likeness (QED) is 0.776. The van der Waals surface area contributed by atoms with Crippen LogP contribution in [0.3, 0.4) is 0 Å². The standard InChI is InChI=1S/C15H23N3O2/c1-9(2)14-13-11(19)8-12(20)16-15(13)18(17-14)10-6-4-3-5-7-10/h8-10,14,17H,3-7H2,1-2H3,(H2,16,19,20). The Morgan fingerprint density at radius 2 is 2.00 bits per heavy atom. The largest absolute Gasteiger partial charge is 0.507 e. The van der Waals surface area contributed by atoms with Crippen molar-refractivity contribution in [2.75, 3.05) is 5.01 Å². The van der Waals surface area contributed by atoms with Crippen LogP contribution in [0.4, 0.5) is 5.82 Å². The van der Waals surface area contributed by atoms with Crippen molar-refractivity contribution < 1.29 is 5.11 Å². The Labute approximate surface area is 119 Å². The van der Waals surface area contributed by atoms with E-state index in [2.05, 4.69) is 29.3 Å². The van der Waals surface area contributed by atoms with Crippen LogP contribution in [0.5, 0.6) is 5.75 Å². The van der Waals surface area contributed by atoms with E-state index >= 15 is 0 Å². The average Bonchev–Trinajstić information content (AvgIpc) is 2.79. The maximum atomic E-state index is 11.7. The van der Waals surface area contributed by atoms with E-state index in [1.165, 1.54) is 25.3 Å². The summed E-state index contributed by atoms with van der Waals surface area (Å²) in [6.45, 7) is 4.24. The van der Waals surface area contributed by atoms with Gasteiger partial charge in [-0.25, -0.2) is 5.43 Å². The normalized spacial score (nSPS) is 23.4. The molecule has 2 aliphatic rings. The minimum absolute atomic E-state index is 0.0591. The number of aromatic amines is 1. The van der Waals surface area contributed by atoms with Crippen molar-refractivity contribution >= 4 is 5.82 Å². The van der Waals surface area contributed by atoms with Crippen LogP contribution in [0, 0.1) is 5.92 Å². The Morgan fingerprint density at radius 1 is 1.30 bits per heavy atom. The highest BCUT2D eigenvalue weighted by molar-refractivity contribution is 5.59. The molecule has 0 radical (unpaired) electrons. The number of hydrazine groups is 1. The van der Waals surface area contributed by atoms with Gasteiger partial charge < -0.3 is 10.1 Å². The predicted octanol–water partition coefficient (Wildman–Crippen LogP) is 2.43. The van der Waals surface area contributed by atoms with Gasteiger partial charge in [0.05, 0.1) is 11.6 Å². The number of anilines is 1. The Kier molecular flexibility index (Phi) is 3.46. The molecule has 1 aromatic rings. The maximum Gasteiger partial charge on any atom is 0.253 e. The third kappa shape index (κ3) is 2.20. The average molecular weight is 277 g/mol. The summed E-state index contributed by atoms with van der Waals surface area (Å²) in [7, 11) is 0. The van der Waals surface area contributed by atoms with Crippen molar-refractivity contribution in [2.45, 2.75) is 58.0 Å². The van der Waals surface area contributed by atoms with Crippen LogP contribution >= 0.6 is 0 Å². The molecule has 1 aliphatic carbocycles. The first kappa shape index (κ1) is 13.5. The van der Waals surface area contributed by atoms with E-state index in [4.69, 9.17) is 0 Å². The van der Waals surface area contributed by atoms with E-state index in [0.717, 1.165) is 24.2 Å². The zero-order chi connectivity index (χ0) is 14.3. The van der Waals surface area contributed by atoms with E-state index in [1.807, 2.05) is 0 Å². The van der Waals surface area contributed by atoms with Crippen LogP contribution < -0.4 is 16.0 Å². The smallest absolute Gasteiger partial charge is 0.253 e. The Hall–Kier alpha value is -1.49. The molecule has 1 atom stereocenters. The molecule has 20 heavy (non-hydrogen) atoms. The van der Waals surface area contributed by atoms with Crippen LogP contribution in [0.15, 0.2) is 10.9 Å². The first-order valence-corrected chi connectivity index (χ1v) is 7.59. The summed E-state index contributed by atoms with van der Waals surface area (Å²) in [6.07, 6.45) is 6.02. The third-order valence-electron chi connectivity index (χ3n) is 4.48. The maximum absolute atomic E-state index is 11.7. The summed E-state index contributed by atoms with van der Waals surface area (Å²) in [4.78, 5) is 14.6. The lowest BCUT2D eigenvalue weighted by Crippen LogP contribution is -2.45. The number of pyridine rings is 1. The van der Waals surface area contributed by atoms with Crippen LogP contribution in [-0.4, -0.2) is 16.1 Å². The predicted molar refractivity (Wildman–Crippen MR) is 78.8 cm³/mol. The molecule has 2 heterocycles. The number of hydrogen-bond acceptors (Lipinski definition) is 4. The van der Waals surface area contributed by atoms with E-state index in [-0.39, 0.29) is 17.4 Å².